The van der Waals surface area contributed by atoms with Gasteiger partial charge in [0.25, 0.3) is 0 Å². The lowest BCUT2D eigenvalue weighted by atomic mass is 9.92. The number of nitrogens with one attached hydrogen (secondary N) is 1. The van der Waals surface area contributed by atoms with Crippen LogP contribution in [-0.2, 0) is 6.42 Å². The van der Waals surface area contributed by atoms with Gasteiger partial charge in [-0.3, -0.25) is 0 Å². The smallest absolute Gasteiger partial charge is 0.00698 e. The molecule has 0 saturated heterocycles. The minimum atomic E-state index is 0.667. The largest absolute Gasteiger partial charge is 0.317 e. The van der Waals surface area contributed by atoms with Crippen LogP contribution in [-0.4, -0.2) is 13.1 Å². The Balaban J connectivity index is 2.37. The molecule has 1 atom stereocenters. The van der Waals surface area contributed by atoms with Gasteiger partial charge in [-0.1, -0.05) is 57.0 Å². The highest BCUT2D eigenvalue weighted by Crippen LogP contribution is 2.17. The third kappa shape index (κ3) is 5.36. The van der Waals surface area contributed by atoms with Crippen LogP contribution in [0.25, 0.3) is 0 Å². The molecule has 0 aliphatic rings. The first-order chi connectivity index (χ1) is 8.30. The number of hydrogen-bond acceptors (Lipinski definition) is 1. The van der Waals surface area contributed by atoms with Gasteiger partial charge in [-0.25, -0.2) is 0 Å². The summed E-state index contributed by atoms with van der Waals surface area (Å²) in [6.45, 7) is 4.61. The van der Waals surface area contributed by atoms with Crippen molar-refractivity contribution in [2.75, 3.05) is 7.05 Å². The molecule has 0 aliphatic carbocycles. The van der Waals surface area contributed by atoms with Crippen molar-refractivity contribution < 1.29 is 0 Å². The molecule has 0 radical (unpaired) electrons. The quantitative estimate of drug-likeness (QED) is 0.714. The molecule has 0 aliphatic heterocycles. The average molecular weight is 233 g/mol. The summed E-state index contributed by atoms with van der Waals surface area (Å²) in [6, 6.07) is 11.5. The number of hydrogen-bond donors (Lipinski definition) is 1. The highest BCUT2D eigenvalue weighted by Gasteiger charge is 2.12. The zero-order chi connectivity index (χ0) is 12.5. The summed E-state index contributed by atoms with van der Waals surface area (Å²) in [7, 11) is 2.10. The second-order valence-corrected chi connectivity index (χ2v) is 4.93. The zero-order valence-corrected chi connectivity index (χ0v) is 11.6. The fourth-order valence-corrected chi connectivity index (χ4v) is 2.39. The van der Waals surface area contributed by atoms with Gasteiger partial charge in [0.2, 0.25) is 0 Å². The molecule has 1 heteroatoms. The minimum Gasteiger partial charge on any atom is -0.317 e. The lowest BCUT2D eigenvalue weighted by Gasteiger charge is -2.21. The van der Waals surface area contributed by atoms with Crippen LogP contribution >= 0.6 is 0 Å². The molecule has 0 aromatic heterocycles. The maximum absolute atomic E-state index is 3.47. The van der Waals surface area contributed by atoms with Crippen molar-refractivity contribution in [2.24, 2.45) is 5.92 Å². The van der Waals surface area contributed by atoms with E-state index < -0.39 is 0 Å². The van der Waals surface area contributed by atoms with E-state index in [-0.39, 0.29) is 0 Å². The molecule has 0 saturated carbocycles. The SMILES string of the molecule is CCC(CC)CC(CCc1ccccc1)NC. The molecule has 0 spiro atoms. The summed E-state index contributed by atoms with van der Waals surface area (Å²) in [4.78, 5) is 0. The van der Waals surface area contributed by atoms with E-state index in [9.17, 15) is 0 Å². The molecule has 0 heterocycles. The van der Waals surface area contributed by atoms with Crippen molar-refractivity contribution in [3.05, 3.63) is 35.9 Å². The van der Waals surface area contributed by atoms with Crippen LogP contribution in [0.5, 0.6) is 0 Å². The Hall–Kier alpha value is -0.820. The summed E-state index contributed by atoms with van der Waals surface area (Å²) in [5, 5.41) is 3.47. The van der Waals surface area contributed by atoms with Gasteiger partial charge in [-0.2, -0.15) is 0 Å². The third-order valence-electron chi connectivity index (χ3n) is 3.81. The molecule has 0 amide bonds. The Morgan fingerprint density at radius 2 is 1.71 bits per heavy atom. The first-order valence-electron chi connectivity index (χ1n) is 7.01. The molecule has 1 aromatic rings. The van der Waals surface area contributed by atoms with Gasteiger partial charge >= 0.3 is 0 Å². The van der Waals surface area contributed by atoms with Crippen molar-refractivity contribution in [1.82, 2.24) is 5.32 Å². The predicted molar refractivity (Wildman–Crippen MR) is 76.3 cm³/mol. The van der Waals surface area contributed by atoms with Gasteiger partial charge in [0.1, 0.15) is 0 Å². The van der Waals surface area contributed by atoms with Gasteiger partial charge in [-0.15, -0.1) is 0 Å². The fraction of sp³-hybridized carbons (Fsp3) is 0.625. The molecule has 0 fully saturated rings. The van der Waals surface area contributed by atoms with E-state index in [0.717, 1.165) is 5.92 Å². The molecule has 1 aromatic carbocycles. The van der Waals surface area contributed by atoms with Crippen LogP contribution in [0.1, 0.15) is 45.1 Å². The van der Waals surface area contributed by atoms with Gasteiger partial charge < -0.3 is 5.32 Å². The van der Waals surface area contributed by atoms with Crippen molar-refractivity contribution in [2.45, 2.75) is 52.0 Å². The van der Waals surface area contributed by atoms with Crippen molar-refractivity contribution in [1.29, 1.82) is 0 Å². The number of benzene rings is 1. The lowest BCUT2D eigenvalue weighted by molar-refractivity contribution is 0.366. The standard InChI is InChI=1S/C16H27N/c1-4-14(5-2)13-16(17-3)12-11-15-9-7-6-8-10-15/h6-10,14,16-17H,4-5,11-13H2,1-3H3. The second-order valence-electron chi connectivity index (χ2n) is 4.93. The van der Waals surface area contributed by atoms with Crippen molar-refractivity contribution in [3.63, 3.8) is 0 Å². The second kappa shape index (κ2) is 8.30. The third-order valence-corrected chi connectivity index (χ3v) is 3.81. The summed E-state index contributed by atoms with van der Waals surface area (Å²) < 4.78 is 0. The van der Waals surface area contributed by atoms with E-state index in [1.165, 1.54) is 37.7 Å². The van der Waals surface area contributed by atoms with E-state index in [1.807, 2.05) is 0 Å². The van der Waals surface area contributed by atoms with Crippen LogP contribution < -0.4 is 5.32 Å². The van der Waals surface area contributed by atoms with Gasteiger partial charge in [0.05, 0.1) is 0 Å². The molecular formula is C16H27N. The minimum absolute atomic E-state index is 0.667. The highest BCUT2D eigenvalue weighted by molar-refractivity contribution is 5.14. The molecule has 1 rings (SSSR count). The number of aryl methyl sites for hydroxylation is 1. The lowest BCUT2D eigenvalue weighted by Crippen LogP contribution is -2.28. The first-order valence-corrected chi connectivity index (χ1v) is 7.01. The fourth-order valence-electron chi connectivity index (χ4n) is 2.39. The summed E-state index contributed by atoms with van der Waals surface area (Å²) >= 11 is 0. The molecule has 1 unspecified atom stereocenters. The molecular weight excluding hydrogens is 206 g/mol. The molecule has 1 nitrogen and oxygen atoms in total. The van der Waals surface area contributed by atoms with E-state index in [0.29, 0.717) is 6.04 Å². The van der Waals surface area contributed by atoms with Crippen molar-refractivity contribution in [3.8, 4) is 0 Å². The Bertz CT molecular complexity index is 277. The van der Waals surface area contributed by atoms with Gasteiger partial charge in [0, 0.05) is 6.04 Å². The molecule has 0 bridgehead atoms. The summed E-state index contributed by atoms with van der Waals surface area (Å²) in [6.07, 6.45) is 6.36. The van der Waals surface area contributed by atoms with Crippen molar-refractivity contribution >= 4 is 0 Å². The van der Waals surface area contributed by atoms with Gasteiger partial charge in [0.15, 0.2) is 0 Å². The van der Waals surface area contributed by atoms with Crippen LogP contribution in [0.15, 0.2) is 30.3 Å². The normalized spacial score (nSPS) is 12.9. The summed E-state index contributed by atoms with van der Waals surface area (Å²) in [5.41, 5.74) is 1.46. The maximum Gasteiger partial charge on any atom is 0.00698 e. The Kier molecular flexibility index (Phi) is 6.95. The number of rotatable bonds is 8. The Labute approximate surface area is 107 Å². The highest BCUT2D eigenvalue weighted by atomic mass is 14.9. The van der Waals surface area contributed by atoms with Crippen LogP contribution in [0.3, 0.4) is 0 Å². The van der Waals surface area contributed by atoms with Gasteiger partial charge in [-0.05, 0) is 37.8 Å². The Morgan fingerprint density at radius 1 is 1.06 bits per heavy atom. The first kappa shape index (κ1) is 14.2. The van der Waals surface area contributed by atoms with E-state index in [2.05, 4.69) is 56.5 Å². The van der Waals surface area contributed by atoms with Crippen LogP contribution in [0, 0.1) is 5.92 Å². The van der Waals surface area contributed by atoms with E-state index in [4.69, 9.17) is 0 Å². The topological polar surface area (TPSA) is 12.0 Å². The van der Waals surface area contributed by atoms with E-state index in [1.54, 1.807) is 0 Å². The Morgan fingerprint density at radius 3 is 2.24 bits per heavy atom. The molecule has 17 heavy (non-hydrogen) atoms. The maximum atomic E-state index is 3.47. The zero-order valence-electron chi connectivity index (χ0n) is 11.6. The van der Waals surface area contributed by atoms with E-state index >= 15 is 0 Å². The monoisotopic (exact) mass is 233 g/mol. The summed E-state index contributed by atoms with van der Waals surface area (Å²) in [5.74, 6) is 0.878. The van der Waals surface area contributed by atoms with Crippen LogP contribution in [0.2, 0.25) is 0 Å². The molecule has 96 valence electrons. The average Bonchev–Trinajstić information content (AvgIpc) is 2.40. The van der Waals surface area contributed by atoms with Crippen LogP contribution in [0.4, 0.5) is 0 Å². The molecule has 1 N–H and O–H groups in total. The predicted octanol–water partition coefficient (Wildman–Crippen LogP) is 4.03.